The number of hydrogen-bond acceptors (Lipinski definition) is 3. The van der Waals surface area contributed by atoms with E-state index in [2.05, 4.69) is 24.8 Å². The summed E-state index contributed by atoms with van der Waals surface area (Å²) in [5, 5.41) is 9.12. The van der Waals surface area contributed by atoms with E-state index in [1.165, 1.54) is 0 Å². The van der Waals surface area contributed by atoms with Crippen LogP contribution in [0.3, 0.4) is 0 Å². The molecular formula is C14H27N3O. The monoisotopic (exact) mass is 253 g/mol. The minimum atomic E-state index is -0.522. The molecule has 0 fully saturated rings. The van der Waals surface area contributed by atoms with Crippen molar-refractivity contribution < 1.29 is 4.79 Å². The third kappa shape index (κ3) is 6.02. The Labute approximate surface area is 112 Å². The highest BCUT2D eigenvalue weighted by molar-refractivity contribution is 5.81. The average Bonchev–Trinajstić information content (AvgIpc) is 2.23. The zero-order valence-electron chi connectivity index (χ0n) is 12.6. The normalized spacial score (nSPS) is 12.9. The van der Waals surface area contributed by atoms with E-state index < -0.39 is 5.92 Å². The molecule has 4 heteroatoms. The van der Waals surface area contributed by atoms with Gasteiger partial charge < -0.3 is 9.80 Å². The van der Waals surface area contributed by atoms with E-state index in [0.717, 1.165) is 13.1 Å². The SMILES string of the molecule is CC(C)CN(CCN(C)C)C(=O)C(C#N)C(C)C. The maximum absolute atomic E-state index is 12.3. The summed E-state index contributed by atoms with van der Waals surface area (Å²) in [6, 6.07) is 2.14. The molecule has 0 N–H and O–H groups in total. The Morgan fingerprint density at radius 3 is 2.06 bits per heavy atom. The van der Waals surface area contributed by atoms with E-state index in [1.807, 2.05) is 32.8 Å². The van der Waals surface area contributed by atoms with Crippen LogP contribution in [0.5, 0.6) is 0 Å². The van der Waals surface area contributed by atoms with Crippen LogP contribution in [-0.2, 0) is 4.79 Å². The number of carbonyl (C=O) groups excluding carboxylic acids is 1. The lowest BCUT2D eigenvalue weighted by atomic mass is 9.95. The molecule has 18 heavy (non-hydrogen) atoms. The number of likely N-dealkylation sites (N-methyl/N-ethyl adjacent to an activating group) is 1. The summed E-state index contributed by atoms with van der Waals surface area (Å²) >= 11 is 0. The minimum Gasteiger partial charge on any atom is -0.340 e. The van der Waals surface area contributed by atoms with E-state index >= 15 is 0 Å². The van der Waals surface area contributed by atoms with Gasteiger partial charge in [0.25, 0.3) is 0 Å². The van der Waals surface area contributed by atoms with Crippen LogP contribution in [0.4, 0.5) is 0 Å². The Morgan fingerprint density at radius 2 is 1.72 bits per heavy atom. The van der Waals surface area contributed by atoms with E-state index in [0.29, 0.717) is 12.5 Å². The summed E-state index contributed by atoms with van der Waals surface area (Å²) < 4.78 is 0. The smallest absolute Gasteiger partial charge is 0.240 e. The molecule has 104 valence electrons. The van der Waals surface area contributed by atoms with Crippen molar-refractivity contribution in [2.75, 3.05) is 33.7 Å². The second-order valence-corrected chi connectivity index (χ2v) is 5.83. The van der Waals surface area contributed by atoms with Crippen LogP contribution in [-0.4, -0.2) is 49.4 Å². The predicted molar refractivity (Wildman–Crippen MR) is 73.9 cm³/mol. The van der Waals surface area contributed by atoms with E-state index in [9.17, 15) is 4.79 Å². The number of nitriles is 1. The topological polar surface area (TPSA) is 47.3 Å². The van der Waals surface area contributed by atoms with E-state index in [-0.39, 0.29) is 11.8 Å². The summed E-state index contributed by atoms with van der Waals surface area (Å²) in [4.78, 5) is 16.2. The quantitative estimate of drug-likeness (QED) is 0.695. The molecule has 1 atom stereocenters. The third-order valence-corrected chi connectivity index (χ3v) is 2.79. The number of rotatable bonds is 7. The van der Waals surface area contributed by atoms with Crippen molar-refractivity contribution in [3.8, 4) is 6.07 Å². The summed E-state index contributed by atoms with van der Waals surface area (Å²) in [6.45, 7) is 10.3. The standard InChI is InChI=1S/C14H27N3O/c1-11(2)10-17(8-7-16(5)6)14(18)13(9-15)12(3)4/h11-13H,7-8,10H2,1-6H3. The van der Waals surface area contributed by atoms with Gasteiger partial charge in [0.05, 0.1) is 6.07 Å². The molecule has 0 aliphatic rings. The largest absolute Gasteiger partial charge is 0.340 e. The van der Waals surface area contributed by atoms with Gasteiger partial charge in [-0.15, -0.1) is 0 Å². The van der Waals surface area contributed by atoms with Crippen LogP contribution in [0.2, 0.25) is 0 Å². The Hall–Kier alpha value is -1.08. The lowest BCUT2D eigenvalue weighted by Crippen LogP contribution is -2.43. The zero-order chi connectivity index (χ0) is 14.3. The molecule has 0 radical (unpaired) electrons. The maximum Gasteiger partial charge on any atom is 0.240 e. The molecular weight excluding hydrogens is 226 g/mol. The Morgan fingerprint density at radius 1 is 1.17 bits per heavy atom. The number of nitrogens with zero attached hydrogens (tertiary/aromatic N) is 3. The Bertz CT molecular complexity index is 292. The fourth-order valence-electron chi connectivity index (χ4n) is 1.74. The average molecular weight is 253 g/mol. The highest BCUT2D eigenvalue weighted by Gasteiger charge is 2.27. The fourth-order valence-corrected chi connectivity index (χ4v) is 1.74. The lowest BCUT2D eigenvalue weighted by molar-refractivity contribution is -0.135. The molecule has 1 amide bonds. The van der Waals surface area contributed by atoms with Gasteiger partial charge in [-0.05, 0) is 25.9 Å². The lowest BCUT2D eigenvalue weighted by Gasteiger charge is -2.28. The summed E-state index contributed by atoms with van der Waals surface area (Å²) in [5.74, 6) is -0.0619. The first-order valence-corrected chi connectivity index (χ1v) is 6.62. The number of carbonyl (C=O) groups is 1. The molecule has 0 saturated heterocycles. The number of hydrogen-bond donors (Lipinski definition) is 0. The molecule has 0 aliphatic carbocycles. The second-order valence-electron chi connectivity index (χ2n) is 5.83. The van der Waals surface area contributed by atoms with Gasteiger partial charge in [0.1, 0.15) is 5.92 Å². The van der Waals surface area contributed by atoms with Crippen LogP contribution in [0, 0.1) is 29.1 Å². The molecule has 0 aromatic heterocycles. The van der Waals surface area contributed by atoms with Crippen molar-refractivity contribution in [3.63, 3.8) is 0 Å². The summed E-state index contributed by atoms with van der Waals surface area (Å²) in [6.07, 6.45) is 0. The van der Waals surface area contributed by atoms with Crippen LogP contribution in [0.15, 0.2) is 0 Å². The van der Waals surface area contributed by atoms with Gasteiger partial charge in [0.15, 0.2) is 0 Å². The van der Waals surface area contributed by atoms with E-state index in [1.54, 1.807) is 0 Å². The molecule has 1 unspecified atom stereocenters. The first kappa shape index (κ1) is 16.9. The van der Waals surface area contributed by atoms with Gasteiger partial charge >= 0.3 is 0 Å². The molecule has 0 aliphatic heterocycles. The first-order chi connectivity index (χ1) is 8.29. The van der Waals surface area contributed by atoms with Crippen LogP contribution < -0.4 is 0 Å². The van der Waals surface area contributed by atoms with Gasteiger partial charge in [0.2, 0.25) is 5.91 Å². The van der Waals surface area contributed by atoms with Crippen molar-refractivity contribution >= 4 is 5.91 Å². The third-order valence-electron chi connectivity index (χ3n) is 2.79. The van der Waals surface area contributed by atoms with Gasteiger partial charge in [-0.25, -0.2) is 0 Å². The molecule has 0 rings (SSSR count). The highest BCUT2D eigenvalue weighted by Crippen LogP contribution is 2.14. The molecule has 0 bridgehead atoms. The van der Waals surface area contributed by atoms with Crippen molar-refractivity contribution in [1.29, 1.82) is 5.26 Å². The molecule has 0 spiro atoms. The zero-order valence-corrected chi connectivity index (χ0v) is 12.6. The molecule has 0 aromatic carbocycles. The second kappa shape index (κ2) is 8.10. The first-order valence-electron chi connectivity index (χ1n) is 6.62. The van der Waals surface area contributed by atoms with Crippen molar-refractivity contribution in [1.82, 2.24) is 9.80 Å². The number of amides is 1. The van der Waals surface area contributed by atoms with Gasteiger partial charge in [0, 0.05) is 19.6 Å². The Kier molecular flexibility index (Phi) is 7.61. The summed E-state index contributed by atoms with van der Waals surface area (Å²) in [5.41, 5.74) is 0. The summed E-state index contributed by atoms with van der Waals surface area (Å²) in [7, 11) is 3.98. The molecule has 4 nitrogen and oxygen atoms in total. The van der Waals surface area contributed by atoms with Crippen molar-refractivity contribution in [3.05, 3.63) is 0 Å². The fraction of sp³-hybridized carbons (Fsp3) is 0.857. The van der Waals surface area contributed by atoms with Crippen molar-refractivity contribution in [2.45, 2.75) is 27.7 Å². The molecule has 0 saturated carbocycles. The Balaban J connectivity index is 4.72. The van der Waals surface area contributed by atoms with Gasteiger partial charge in [-0.3, -0.25) is 4.79 Å². The van der Waals surface area contributed by atoms with Crippen LogP contribution >= 0.6 is 0 Å². The van der Waals surface area contributed by atoms with E-state index in [4.69, 9.17) is 5.26 Å². The molecule has 0 aromatic rings. The highest BCUT2D eigenvalue weighted by atomic mass is 16.2. The van der Waals surface area contributed by atoms with Crippen LogP contribution in [0.25, 0.3) is 0 Å². The van der Waals surface area contributed by atoms with Gasteiger partial charge in [-0.2, -0.15) is 5.26 Å². The van der Waals surface area contributed by atoms with Crippen molar-refractivity contribution in [2.24, 2.45) is 17.8 Å². The van der Waals surface area contributed by atoms with Crippen LogP contribution in [0.1, 0.15) is 27.7 Å². The van der Waals surface area contributed by atoms with Gasteiger partial charge in [-0.1, -0.05) is 27.7 Å². The predicted octanol–water partition coefficient (Wildman–Crippen LogP) is 1.83. The maximum atomic E-state index is 12.3. The molecule has 0 heterocycles. The minimum absolute atomic E-state index is 0.0250.